The molecule has 0 aliphatic heterocycles. The van der Waals surface area contributed by atoms with E-state index in [0.29, 0.717) is 29.3 Å². The summed E-state index contributed by atoms with van der Waals surface area (Å²) in [6.07, 6.45) is 2.00. The van der Waals surface area contributed by atoms with Gasteiger partial charge in [-0.3, -0.25) is 18.9 Å². The minimum absolute atomic E-state index is 0.0421. The molecule has 2 aromatic heterocycles. The number of aryl methyl sites for hydroxylation is 2. The third-order valence-corrected chi connectivity index (χ3v) is 6.59. The maximum atomic E-state index is 13.5. The fourth-order valence-electron chi connectivity index (χ4n) is 4.11. The Morgan fingerprint density at radius 2 is 1.78 bits per heavy atom. The highest BCUT2D eigenvalue weighted by atomic mass is 32.1. The van der Waals surface area contributed by atoms with E-state index < -0.39 is 5.76 Å². The van der Waals surface area contributed by atoms with Crippen LogP contribution in [0.3, 0.4) is 0 Å². The van der Waals surface area contributed by atoms with Crippen molar-refractivity contribution in [2.75, 3.05) is 14.1 Å². The first-order valence-electron chi connectivity index (χ1n) is 11.8. The van der Waals surface area contributed by atoms with Crippen molar-refractivity contribution >= 4 is 17.2 Å². The zero-order chi connectivity index (χ0) is 25.8. The van der Waals surface area contributed by atoms with E-state index in [1.54, 1.807) is 4.57 Å². The third-order valence-electron chi connectivity index (χ3n) is 6.08. The van der Waals surface area contributed by atoms with E-state index in [-0.39, 0.29) is 5.56 Å². The van der Waals surface area contributed by atoms with Crippen LogP contribution in [0.1, 0.15) is 36.0 Å². The predicted molar refractivity (Wildman–Crippen MR) is 144 cm³/mol. The minimum Gasteiger partial charge on any atom is -0.372 e. The Morgan fingerprint density at radius 1 is 1.08 bits per heavy atom. The Kier molecular flexibility index (Phi) is 7.59. The molecule has 1 N–H and O–H groups in total. The molecule has 0 fully saturated rings. The van der Waals surface area contributed by atoms with Crippen molar-refractivity contribution in [3.63, 3.8) is 0 Å². The summed E-state index contributed by atoms with van der Waals surface area (Å²) in [6, 6.07) is 15.7. The third kappa shape index (κ3) is 5.36. The van der Waals surface area contributed by atoms with Crippen molar-refractivity contribution in [1.29, 1.82) is 0 Å². The topological polar surface area (TPSA) is 97.0 Å². The lowest BCUT2D eigenvalue weighted by molar-refractivity contribution is 0.388. The van der Waals surface area contributed by atoms with Crippen LogP contribution in [0.5, 0.6) is 0 Å². The number of hydrogen-bond donors (Lipinski definition) is 1. The molecule has 4 aromatic rings. The number of benzene rings is 2. The summed E-state index contributed by atoms with van der Waals surface area (Å²) < 4.78 is 6.45. The first-order valence-corrected chi connectivity index (χ1v) is 12.2. The van der Waals surface area contributed by atoms with Crippen molar-refractivity contribution in [3.05, 3.63) is 92.1 Å². The average Bonchev–Trinajstić information content (AvgIpc) is 3.30. The van der Waals surface area contributed by atoms with Crippen molar-refractivity contribution in [2.24, 2.45) is 0 Å². The molecule has 0 aliphatic carbocycles. The Balaban J connectivity index is 1.68. The molecule has 0 spiro atoms. The number of rotatable bonds is 8. The smallest absolute Gasteiger partial charge is 0.372 e. The van der Waals surface area contributed by atoms with Crippen LogP contribution in [0.4, 0.5) is 0 Å². The van der Waals surface area contributed by atoms with E-state index in [1.165, 1.54) is 0 Å². The van der Waals surface area contributed by atoms with Gasteiger partial charge in [0.05, 0.1) is 11.5 Å². The molecule has 0 unspecified atom stereocenters. The van der Waals surface area contributed by atoms with Crippen LogP contribution in [0.2, 0.25) is 0 Å². The van der Waals surface area contributed by atoms with Gasteiger partial charge in [-0.05, 0) is 30.0 Å². The van der Waals surface area contributed by atoms with Crippen LogP contribution in [0.25, 0.3) is 22.5 Å². The molecule has 4 rings (SSSR count). The molecule has 0 atom stereocenters. The molecule has 0 saturated heterocycles. The highest BCUT2D eigenvalue weighted by Gasteiger charge is 2.17. The first kappa shape index (κ1) is 25.2. The van der Waals surface area contributed by atoms with E-state index >= 15 is 0 Å². The van der Waals surface area contributed by atoms with Gasteiger partial charge in [0.25, 0.3) is 5.56 Å². The number of thiocarbonyl (C=S) groups is 1. The number of aromatic nitrogens is 4. The minimum atomic E-state index is -0.596. The van der Waals surface area contributed by atoms with Gasteiger partial charge in [0.2, 0.25) is 0 Å². The van der Waals surface area contributed by atoms with Gasteiger partial charge < -0.3 is 4.90 Å². The van der Waals surface area contributed by atoms with E-state index in [9.17, 15) is 9.59 Å². The summed E-state index contributed by atoms with van der Waals surface area (Å²) in [7, 11) is 3.77. The predicted octanol–water partition coefficient (Wildman–Crippen LogP) is 3.99. The molecule has 0 saturated carbocycles. The molecule has 0 bridgehead atoms. The quantitative estimate of drug-likeness (QED) is 0.363. The molecule has 36 heavy (non-hydrogen) atoms. The second kappa shape index (κ2) is 10.8. The van der Waals surface area contributed by atoms with Gasteiger partial charge in [-0.2, -0.15) is 0 Å². The Hall–Kier alpha value is -3.85. The Labute approximate surface area is 214 Å². The Bertz CT molecular complexity index is 1500. The molecule has 2 heterocycles. The molecule has 9 heteroatoms. The standard InChI is InChI=1S/C27H29N5O3S/c1-5-8-23-28-17(2)22(15-24(36)31(3)4)26(33)32(23)16-18-11-13-19(14-12-18)20-9-6-7-10-21(20)25-29-27(34)35-30-25/h6-7,9-14H,5,8,15-16H2,1-4H3,(H,29,30,34). The van der Waals surface area contributed by atoms with Gasteiger partial charge in [-0.25, -0.2) is 9.78 Å². The molecule has 0 radical (unpaired) electrons. The first-order chi connectivity index (χ1) is 17.3. The monoisotopic (exact) mass is 503 g/mol. The van der Waals surface area contributed by atoms with Crippen LogP contribution in [0, 0.1) is 6.92 Å². The molecule has 186 valence electrons. The zero-order valence-electron chi connectivity index (χ0n) is 20.9. The maximum absolute atomic E-state index is 13.5. The normalized spacial score (nSPS) is 11.0. The van der Waals surface area contributed by atoms with E-state index in [4.69, 9.17) is 17.2 Å². The fourth-order valence-corrected chi connectivity index (χ4v) is 4.25. The highest BCUT2D eigenvalue weighted by Crippen LogP contribution is 2.30. The van der Waals surface area contributed by atoms with Gasteiger partial charge in [-0.1, -0.05) is 72.8 Å². The van der Waals surface area contributed by atoms with Gasteiger partial charge in [0, 0.05) is 43.8 Å². The summed E-state index contributed by atoms with van der Waals surface area (Å²) in [6.45, 7) is 4.38. The molecular weight excluding hydrogens is 474 g/mol. The van der Waals surface area contributed by atoms with Crippen molar-refractivity contribution in [2.45, 2.75) is 39.7 Å². The number of aromatic amines is 1. The van der Waals surface area contributed by atoms with Crippen LogP contribution in [0.15, 0.2) is 62.6 Å². The summed E-state index contributed by atoms with van der Waals surface area (Å²) >= 11 is 5.46. The maximum Gasteiger partial charge on any atom is 0.439 e. The van der Waals surface area contributed by atoms with Crippen molar-refractivity contribution in [1.82, 2.24) is 24.6 Å². The lowest BCUT2D eigenvalue weighted by Gasteiger charge is -2.18. The van der Waals surface area contributed by atoms with Gasteiger partial charge in [0.1, 0.15) is 5.82 Å². The van der Waals surface area contributed by atoms with E-state index in [1.807, 2.05) is 74.4 Å². The van der Waals surface area contributed by atoms with Gasteiger partial charge in [0.15, 0.2) is 5.82 Å². The number of H-pyrrole nitrogens is 1. The van der Waals surface area contributed by atoms with Gasteiger partial charge in [-0.15, -0.1) is 0 Å². The molecule has 0 amide bonds. The lowest BCUT2D eigenvalue weighted by Crippen LogP contribution is -2.33. The van der Waals surface area contributed by atoms with Crippen LogP contribution in [-0.4, -0.2) is 43.7 Å². The Morgan fingerprint density at radius 3 is 2.39 bits per heavy atom. The largest absolute Gasteiger partial charge is 0.439 e. The van der Waals surface area contributed by atoms with Crippen molar-refractivity contribution < 1.29 is 4.52 Å². The summed E-state index contributed by atoms with van der Waals surface area (Å²) in [5.41, 5.74) is 4.95. The SMILES string of the molecule is CCCc1nc(C)c(CC(=S)N(C)C)c(=O)n1Cc1ccc(-c2ccccc2-c2noc(=O)[nH]2)cc1. The van der Waals surface area contributed by atoms with Crippen molar-refractivity contribution in [3.8, 4) is 22.5 Å². The van der Waals surface area contributed by atoms with Crippen LogP contribution >= 0.6 is 12.2 Å². The number of nitrogens with zero attached hydrogens (tertiary/aromatic N) is 4. The summed E-state index contributed by atoms with van der Waals surface area (Å²) in [5, 5.41) is 3.83. The highest BCUT2D eigenvalue weighted by molar-refractivity contribution is 7.80. The second-order valence-corrected chi connectivity index (χ2v) is 9.36. The van der Waals surface area contributed by atoms with Crippen LogP contribution in [-0.2, 0) is 19.4 Å². The molecule has 0 aliphatic rings. The molecule has 2 aromatic carbocycles. The zero-order valence-corrected chi connectivity index (χ0v) is 21.7. The van der Waals surface area contributed by atoms with Gasteiger partial charge >= 0.3 is 5.76 Å². The van der Waals surface area contributed by atoms with Crippen LogP contribution < -0.4 is 11.3 Å². The number of nitrogens with one attached hydrogen (secondary N) is 1. The number of hydrogen-bond acceptors (Lipinski definition) is 6. The fraction of sp³-hybridized carbons (Fsp3) is 0.296. The number of likely N-dealkylation sites (N-methyl/N-ethyl adjacent to an activating group) is 1. The lowest BCUT2D eigenvalue weighted by atomic mass is 9.98. The summed E-state index contributed by atoms with van der Waals surface area (Å²) in [5.74, 6) is 0.564. The van der Waals surface area contributed by atoms with E-state index in [0.717, 1.165) is 46.6 Å². The molecular formula is C27H29N5O3S. The molecule has 8 nitrogen and oxygen atoms in total. The van der Waals surface area contributed by atoms with E-state index in [2.05, 4.69) is 21.6 Å². The summed E-state index contributed by atoms with van der Waals surface area (Å²) in [4.78, 5) is 34.9. The second-order valence-electron chi connectivity index (χ2n) is 8.88. The average molecular weight is 504 g/mol.